The summed E-state index contributed by atoms with van der Waals surface area (Å²) in [6.45, 7) is 0. The highest BCUT2D eigenvalue weighted by Gasteiger charge is 2.16. The van der Waals surface area contributed by atoms with Crippen molar-refractivity contribution in [2.75, 3.05) is 5.88 Å². The maximum Gasteiger partial charge on any atom is 0.147 e. The number of hydrogen-bond acceptors (Lipinski definition) is 1. The molecular weight excluding hydrogens is 301 g/mol. The summed E-state index contributed by atoms with van der Waals surface area (Å²) < 4.78 is 42.2. The van der Waals surface area contributed by atoms with Crippen LogP contribution >= 0.6 is 11.6 Å². The maximum atomic E-state index is 14.0. The van der Waals surface area contributed by atoms with Crippen LogP contribution in [0.1, 0.15) is 5.82 Å². The topological polar surface area (TPSA) is 17.8 Å². The van der Waals surface area contributed by atoms with E-state index in [2.05, 4.69) is 4.98 Å². The van der Waals surface area contributed by atoms with Crippen LogP contribution in [-0.4, -0.2) is 15.4 Å². The maximum absolute atomic E-state index is 14.0. The van der Waals surface area contributed by atoms with Crippen molar-refractivity contribution in [1.82, 2.24) is 9.55 Å². The number of hydrogen-bond donors (Lipinski definition) is 0. The Labute approximate surface area is 123 Å². The lowest BCUT2D eigenvalue weighted by molar-refractivity contribution is 0.591. The van der Waals surface area contributed by atoms with Crippen LogP contribution in [-0.2, 0) is 6.42 Å². The first-order valence-electron chi connectivity index (χ1n) is 6.28. The van der Waals surface area contributed by atoms with Gasteiger partial charge in [0, 0.05) is 24.4 Å². The molecule has 3 aromatic rings. The number of fused-ring (bicyclic) bond motifs is 1. The minimum Gasteiger partial charge on any atom is -0.293 e. The van der Waals surface area contributed by atoms with Gasteiger partial charge in [0.25, 0.3) is 0 Å². The SMILES string of the molecule is Fc1ccc(F)c(-n2c(CCCl)nc3cc(F)ccc32)c1. The van der Waals surface area contributed by atoms with Crippen LogP contribution in [0.25, 0.3) is 16.7 Å². The molecule has 0 amide bonds. The number of nitrogens with zero attached hydrogens (tertiary/aromatic N) is 2. The van der Waals surface area contributed by atoms with Gasteiger partial charge in [0.15, 0.2) is 0 Å². The Balaban J connectivity index is 2.33. The third kappa shape index (κ3) is 2.49. The van der Waals surface area contributed by atoms with Gasteiger partial charge >= 0.3 is 0 Å². The summed E-state index contributed by atoms with van der Waals surface area (Å²) in [5.74, 6) is -0.870. The van der Waals surface area contributed by atoms with Crippen molar-refractivity contribution < 1.29 is 13.2 Å². The highest BCUT2D eigenvalue weighted by Crippen LogP contribution is 2.25. The molecule has 1 aromatic heterocycles. The third-order valence-corrected chi connectivity index (χ3v) is 3.34. The molecule has 0 bridgehead atoms. The van der Waals surface area contributed by atoms with E-state index in [-0.39, 0.29) is 11.6 Å². The Bertz CT molecular complexity index is 814. The fourth-order valence-corrected chi connectivity index (χ4v) is 2.45. The van der Waals surface area contributed by atoms with Gasteiger partial charge in [-0.05, 0) is 24.3 Å². The van der Waals surface area contributed by atoms with Crippen LogP contribution in [0.2, 0.25) is 0 Å². The molecule has 0 fully saturated rings. The van der Waals surface area contributed by atoms with Crippen LogP contribution in [0.15, 0.2) is 36.4 Å². The van der Waals surface area contributed by atoms with Gasteiger partial charge in [-0.25, -0.2) is 18.2 Å². The van der Waals surface area contributed by atoms with Crippen molar-refractivity contribution in [2.24, 2.45) is 0 Å². The third-order valence-electron chi connectivity index (χ3n) is 3.15. The van der Waals surface area contributed by atoms with Crippen LogP contribution in [0.5, 0.6) is 0 Å². The Hall–Kier alpha value is -2.01. The molecule has 0 atom stereocenters. The molecule has 2 nitrogen and oxygen atoms in total. The lowest BCUT2D eigenvalue weighted by Gasteiger charge is -2.10. The zero-order valence-electron chi connectivity index (χ0n) is 10.8. The summed E-state index contributed by atoms with van der Waals surface area (Å²) in [6.07, 6.45) is 0.355. The van der Waals surface area contributed by atoms with Gasteiger partial charge in [-0.2, -0.15) is 0 Å². The largest absolute Gasteiger partial charge is 0.293 e. The molecule has 0 saturated carbocycles. The van der Waals surface area contributed by atoms with E-state index < -0.39 is 17.5 Å². The summed E-state index contributed by atoms with van der Waals surface area (Å²) in [7, 11) is 0. The van der Waals surface area contributed by atoms with Crippen molar-refractivity contribution in [3.8, 4) is 5.69 Å². The number of imidazole rings is 1. The number of rotatable bonds is 3. The molecule has 0 aliphatic rings. The second-order valence-corrected chi connectivity index (χ2v) is 4.91. The minimum atomic E-state index is -0.587. The molecule has 6 heteroatoms. The Morgan fingerprint density at radius 2 is 1.71 bits per heavy atom. The Morgan fingerprint density at radius 3 is 2.48 bits per heavy atom. The van der Waals surface area contributed by atoms with Gasteiger partial charge in [-0.3, -0.25) is 4.57 Å². The minimum absolute atomic E-state index is 0.0317. The first kappa shape index (κ1) is 13.9. The number of benzene rings is 2. The summed E-state index contributed by atoms with van der Waals surface area (Å²) >= 11 is 5.73. The number of aromatic nitrogens is 2. The first-order chi connectivity index (χ1) is 10.1. The average molecular weight is 311 g/mol. The monoisotopic (exact) mass is 310 g/mol. The van der Waals surface area contributed by atoms with E-state index in [0.29, 0.717) is 23.3 Å². The van der Waals surface area contributed by atoms with Gasteiger partial charge in [-0.15, -0.1) is 11.6 Å². The average Bonchev–Trinajstić information content (AvgIpc) is 2.79. The predicted molar refractivity (Wildman–Crippen MR) is 75.4 cm³/mol. The molecule has 1 heterocycles. The van der Waals surface area contributed by atoms with Gasteiger partial charge in [0.1, 0.15) is 23.3 Å². The van der Waals surface area contributed by atoms with E-state index in [1.165, 1.54) is 22.8 Å². The lowest BCUT2D eigenvalue weighted by atomic mass is 10.2. The highest BCUT2D eigenvalue weighted by molar-refractivity contribution is 6.17. The normalized spacial score (nSPS) is 11.2. The quantitative estimate of drug-likeness (QED) is 0.662. The second kappa shape index (κ2) is 5.41. The zero-order chi connectivity index (χ0) is 15.0. The van der Waals surface area contributed by atoms with E-state index in [1.807, 2.05) is 0 Å². The molecule has 0 aliphatic heterocycles. The summed E-state index contributed by atoms with van der Waals surface area (Å²) in [6, 6.07) is 7.16. The summed E-state index contributed by atoms with van der Waals surface area (Å²) in [5.41, 5.74) is 0.906. The number of aryl methyl sites for hydroxylation is 1. The van der Waals surface area contributed by atoms with Crippen molar-refractivity contribution in [3.05, 3.63) is 59.7 Å². The standard InChI is InChI=1S/C15H10ClF3N2/c16-6-5-15-20-12-7-9(17)2-4-13(12)21(15)14-8-10(18)1-3-11(14)19/h1-4,7-8H,5-6H2. The van der Waals surface area contributed by atoms with E-state index >= 15 is 0 Å². The van der Waals surface area contributed by atoms with Gasteiger partial charge in [-0.1, -0.05) is 0 Å². The van der Waals surface area contributed by atoms with Gasteiger partial charge in [0.05, 0.1) is 16.7 Å². The van der Waals surface area contributed by atoms with E-state index in [1.54, 1.807) is 0 Å². The molecule has 0 unspecified atom stereocenters. The van der Waals surface area contributed by atoms with E-state index in [0.717, 1.165) is 18.2 Å². The summed E-state index contributed by atoms with van der Waals surface area (Å²) in [4.78, 5) is 4.26. The predicted octanol–water partition coefficient (Wildman–Crippen LogP) is 4.22. The molecule has 108 valence electrons. The Morgan fingerprint density at radius 1 is 1.00 bits per heavy atom. The molecule has 0 radical (unpaired) electrons. The van der Waals surface area contributed by atoms with E-state index in [4.69, 9.17) is 11.6 Å². The molecular formula is C15H10ClF3N2. The zero-order valence-corrected chi connectivity index (χ0v) is 11.5. The molecule has 2 aromatic carbocycles. The second-order valence-electron chi connectivity index (χ2n) is 4.53. The molecule has 0 saturated heterocycles. The van der Waals surface area contributed by atoms with Crippen molar-refractivity contribution >= 4 is 22.6 Å². The first-order valence-corrected chi connectivity index (χ1v) is 6.82. The summed E-state index contributed by atoms with van der Waals surface area (Å²) in [5, 5.41) is 0. The molecule has 0 aliphatic carbocycles. The van der Waals surface area contributed by atoms with Gasteiger partial charge < -0.3 is 0 Å². The molecule has 21 heavy (non-hydrogen) atoms. The Kier molecular flexibility index (Phi) is 3.59. The molecule has 3 rings (SSSR count). The number of halogens is 4. The van der Waals surface area contributed by atoms with E-state index in [9.17, 15) is 13.2 Å². The van der Waals surface area contributed by atoms with Gasteiger partial charge in [0.2, 0.25) is 0 Å². The number of alkyl halides is 1. The molecule has 0 N–H and O–H groups in total. The lowest BCUT2D eigenvalue weighted by Crippen LogP contribution is -2.05. The van der Waals surface area contributed by atoms with Crippen LogP contribution in [0.3, 0.4) is 0 Å². The fourth-order valence-electron chi connectivity index (χ4n) is 2.28. The van der Waals surface area contributed by atoms with Crippen molar-refractivity contribution in [3.63, 3.8) is 0 Å². The smallest absolute Gasteiger partial charge is 0.147 e. The van der Waals surface area contributed by atoms with Crippen LogP contribution in [0, 0.1) is 17.5 Å². The van der Waals surface area contributed by atoms with Crippen LogP contribution < -0.4 is 0 Å². The molecule has 0 spiro atoms. The van der Waals surface area contributed by atoms with Crippen molar-refractivity contribution in [2.45, 2.75) is 6.42 Å². The van der Waals surface area contributed by atoms with Crippen molar-refractivity contribution in [1.29, 1.82) is 0 Å². The fraction of sp³-hybridized carbons (Fsp3) is 0.133. The van der Waals surface area contributed by atoms with Crippen LogP contribution in [0.4, 0.5) is 13.2 Å². The highest BCUT2D eigenvalue weighted by atomic mass is 35.5.